The number of hydrogen-bond donors (Lipinski definition) is 0. The first-order valence-corrected chi connectivity index (χ1v) is 7.56. The predicted molar refractivity (Wildman–Crippen MR) is 79.9 cm³/mol. The monoisotopic (exact) mass is 306 g/mol. The molecule has 6 nitrogen and oxygen atoms in total. The topological polar surface area (TPSA) is 80.5 Å². The van der Waals surface area contributed by atoms with Crippen molar-refractivity contribution in [2.75, 3.05) is 11.4 Å². The first kappa shape index (κ1) is 15.0. The smallest absolute Gasteiger partial charge is 0.269 e. The van der Waals surface area contributed by atoms with Crippen molar-refractivity contribution in [2.24, 2.45) is 0 Å². The molecule has 2 aromatic carbocycles. The minimum atomic E-state index is -3.83. The molecule has 21 heavy (non-hydrogen) atoms. The van der Waals surface area contributed by atoms with E-state index < -0.39 is 14.9 Å². The van der Waals surface area contributed by atoms with Crippen LogP contribution in [-0.2, 0) is 10.0 Å². The van der Waals surface area contributed by atoms with Crippen LogP contribution in [0.1, 0.15) is 5.56 Å². The highest BCUT2D eigenvalue weighted by Crippen LogP contribution is 2.24. The number of non-ortho nitro benzene ring substituents is 1. The quantitative estimate of drug-likeness (QED) is 0.642. The van der Waals surface area contributed by atoms with Gasteiger partial charge < -0.3 is 0 Å². The molecule has 0 aliphatic heterocycles. The van der Waals surface area contributed by atoms with Crippen LogP contribution in [-0.4, -0.2) is 20.4 Å². The van der Waals surface area contributed by atoms with Gasteiger partial charge in [0.25, 0.3) is 15.7 Å². The Morgan fingerprint density at radius 1 is 1.10 bits per heavy atom. The number of anilines is 1. The number of hydrogen-bond acceptors (Lipinski definition) is 4. The van der Waals surface area contributed by atoms with Gasteiger partial charge in [-0.2, -0.15) is 0 Å². The summed E-state index contributed by atoms with van der Waals surface area (Å²) in [5, 5.41) is 10.8. The van der Waals surface area contributed by atoms with Crippen LogP contribution >= 0.6 is 0 Å². The van der Waals surface area contributed by atoms with Crippen LogP contribution in [0.4, 0.5) is 11.4 Å². The molecular formula is C14H14N2O4S. The summed E-state index contributed by atoms with van der Waals surface area (Å²) in [5.74, 6) is 0. The number of sulfonamides is 1. The van der Waals surface area contributed by atoms with Gasteiger partial charge in [0.15, 0.2) is 0 Å². The van der Waals surface area contributed by atoms with E-state index in [1.165, 1.54) is 25.2 Å². The standard InChI is InChI=1S/C14H14N2O4S/c1-11-6-8-12(9-7-11)15(2)21(19,20)14-5-3-4-13(10-14)16(17)18/h3-10H,1-2H3. The van der Waals surface area contributed by atoms with Crippen LogP contribution in [0, 0.1) is 17.0 Å². The molecule has 0 amide bonds. The van der Waals surface area contributed by atoms with E-state index in [-0.39, 0.29) is 10.6 Å². The fraction of sp³-hybridized carbons (Fsp3) is 0.143. The Morgan fingerprint density at radius 2 is 1.71 bits per heavy atom. The molecule has 0 aliphatic carbocycles. The molecule has 0 spiro atoms. The van der Waals surface area contributed by atoms with Crippen LogP contribution in [0.15, 0.2) is 53.4 Å². The van der Waals surface area contributed by atoms with Crippen LogP contribution < -0.4 is 4.31 Å². The molecule has 0 aliphatic rings. The highest BCUT2D eigenvalue weighted by Gasteiger charge is 2.23. The number of nitro groups is 1. The van der Waals surface area contributed by atoms with Crippen molar-refractivity contribution in [3.8, 4) is 0 Å². The van der Waals surface area contributed by atoms with Crippen LogP contribution in [0.2, 0.25) is 0 Å². The van der Waals surface area contributed by atoms with Gasteiger partial charge in [-0.05, 0) is 25.1 Å². The highest BCUT2D eigenvalue weighted by atomic mass is 32.2. The molecule has 0 N–H and O–H groups in total. The Balaban J connectivity index is 2.44. The summed E-state index contributed by atoms with van der Waals surface area (Å²) in [4.78, 5) is 10.0. The zero-order valence-electron chi connectivity index (χ0n) is 11.6. The van der Waals surface area contributed by atoms with Gasteiger partial charge in [-0.15, -0.1) is 0 Å². The maximum atomic E-state index is 12.5. The molecule has 0 radical (unpaired) electrons. The molecular weight excluding hydrogens is 292 g/mol. The molecule has 0 unspecified atom stereocenters. The van der Waals surface area contributed by atoms with Gasteiger partial charge in [0.05, 0.1) is 15.5 Å². The maximum absolute atomic E-state index is 12.5. The van der Waals surface area contributed by atoms with Crippen molar-refractivity contribution in [3.05, 3.63) is 64.2 Å². The average molecular weight is 306 g/mol. The predicted octanol–water partition coefficient (Wildman–Crippen LogP) is 2.73. The van der Waals surface area contributed by atoms with Crippen LogP contribution in [0.3, 0.4) is 0 Å². The van der Waals surface area contributed by atoms with E-state index in [1.807, 2.05) is 6.92 Å². The molecule has 0 fully saturated rings. The minimum absolute atomic E-state index is 0.111. The fourth-order valence-electron chi connectivity index (χ4n) is 1.81. The van der Waals surface area contributed by atoms with E-state index in [0.29, 0.717) is 5.69 Å². The lowest BCUT2D eigenvalue weighted by Crippen LogP contribution is -2.26. The number of nitro benzene ring substituents is 1. The van der Waals surface area contributed by atoms with E-state index in [0.717, 1.165) is 15.9 Å². The third-order valence-electron chi connectivity index (χ3n) is 3.08. The second-order valence-electron chi connectivity index (χ2n) is 4.56. The molecule has 2 rings (SSSR count). The Bertz CT molecular complexity index is 770. The molecule has 7 heteroatoms. The third kappa shape index (κ3) is 3.03. The van der Waals surface area contributed by atoms with Crippen LogP contribution in [0.5, 0.6) is 0 Å². The largest absolute Gasteiger partial charge is 0.270 e. The summed E-state index contributed by atoms with van der Waals surface area (Å²) in [7, 11) is -2.42. The van der Waals surface area contributed by atoms with E-state index in [4.69, 9.17) is 0 Å². The first-order valence-electron chi connectivity index (χ1n) is 6.12. The van der Waals surface area contributed by atoms with E-state index >= 15 is 0 Å². The summed E-state index contributed by atoms with van der Waals surface area (Å²) in [6, 6.07) is 12.0. The normalized spacial score (nSPS) is 11.1. The minimum Gasteiger partial charge on any atom is -0.269 e. The highest BCUT2D eigenvalue weighted by molar-refractivity contribution is 7.92. The molecule has 0 heterocycles. The SMILES string of the molecule is Cc1ccc(N(C)S(=O)(=O)c2cccc([N+](=O)[O-])c2)cc1. The molecule has 110 valence electrons. The molecule has 0 saturated carbocycles. The van der Waals surface area contributed by atoms with Gasteiger partial charge in [-0.1, -0.05) is 23.8 Å². The molecule has 0 saturated heterocycles. The summed E-state index contributed by atoms with van der Waals surface area (Å²) in [5.41, 5.74) is 1.25. The summed E-state index contributed by atoms with van der Waals surface area (Å²) in [6.45, 7) is 1.90. The number of nitrogens with zero attached hydrogens (tertiary/aromatic N) is 2. The van der Waals surface area contributed by atoms with Gasteiger partial charge in [0, 0.05) is 19.2 Å². The lowest BCUT2D eigenvalue weighted by atomic mass is 10.2. The van der Waals surface area contributed by atoms with E-state index in [1.54, 1.807) is 24.3 Å². The van der Waals surface area contributed by atoms with Gasteiger partial charge in [0.1, 0.15) is 0 Å². The van der Waals surface area contributed by atoms with Crippen molar-refractivity contribution in [3.63, 3.8) is 0 Å². The van der Waals surface area contributed by atoms with Gasteiger partial charge in [-0.3, -0.25) is 14.4 Å². The van der Waals surface area contributed by atoms with Crippen molar-refractivity contribution in [1.82, 2.24) is 0 Å². The van der Waals surface area contributed by atoms with E-state index in [2.05, 4.69) is 0 Å². The first-order chi connectivity index (χ1) is 9.82. The zero-order valence-corrected chi connectivity index (χ0v) is 12.4. The second-order valence-corrected chi connectivity index (χ2v) is 6.53. The summed E-state index contributed by atoms with van der Waals surface area (Å²) in [6.07, 6.45) is 0. The number of rotatable bonds is 4. The van der Waals surface area contributed by atoms with Crippen molar-refractivity contribution >= 4 is 21.4 Å². The molecule has 0 bridgehead atoms. The lowest BCUT2D eigenvalue weighted by molar-refractivity contribution is -0.385. The van der Waals surface area contributed by atoms with Crippen molar-refractivity contribution in [1.29, 1.82) is 0 Å². The third-order valence-corrected chi connectivity index (χ3v) is 4.87. The summed E-state index contributed by atoms with van der Waals surface area (Å²) < 4.78 is 26.1. The molecule has 2 aromatic rings. The summed E-state index contributed by atoms with van der Waals surface area (Å²) >= 11 is 0. The Hall–Kier alpha value is -2.41. The van der Waals surface area contributed by atoms with Crippen molar-refractivity contribution < 1.29 is 13.3 Å². The second kappa shape index (κ2) is 5.53. The number of benzene rings is 2. The average Bonchev–Trinajstić information content (AvgIpc) is 2.47. The van der Waals surface area contributed by atoms with Gasteiger partial charge in [0.2, 0.25) is 0 Å². The molecule has 0 aromatic heterocycles. The Morgan fingerprint density at radius 3 is 2.29 bits per heavy atom. The zero-order chi connectivity index (χ0) is 15.6. The van der Waals surface area contributed by atoms with Gasteiger partial charge >= 0.3 is 0 Å². The fourth-order valence-corrected chi connectivity index (χ4v) is 3.04. The van der Waals surface area contributed by atoms with Crippen molar-refractivity contribution in [2.45, 2.75) is 11.8 Å². The van der Waals surface area contributed by atoms with E-state index in [9.17, 15) is 18.5 Å². The lowest BCUT2D eigenvalue weighted by Gasteiger charge is -2.19. The van der Waals surface area contributed by atoms with Crippen LogP contribution in [0.25, 0.3) is 0 Å². The Labute approximate surface area is 122 Å². The Kier molecular flexibility index (Phi) is 3.95. The molecule has 0 atom stereocenters. The number of aryl methyl sites for hydroxylation is 1. The maximum Gasteiger partial charge on any atom is 0.270 e. The van der Waals surface area contributed by atoms with Gasteiger partial charge in [-0.25, -0.2) is 8.42 Å².